The van der Waals surface area contributed by atoms with Crippen LogP contribution in [0.2, 0.25) is 0 Å². The van der Waals surface area contributed by atoms with E-state index in [4.69, 9.17) is 0 Å². The van der Waals surface area contributed by atoms with Crippen molar-refractivity contribution >= 4 is 23.5 Å². The van der Waals surface area contributed by atoms with Gasteiger partial charge in [0.15, 0.2) is 0 Å². The van der Waals surface area contributed by atoms with Gasteiger partial charge in [0.2, 0.25) is 23.5 Å². The number of halogens is 5. The first-order chi connectivity index (χ1) is 16.7. The smallest absolute Gasteiger partial charge is 0.351 e. The molecule has 1 aliphatic heterocycles. The molecule has 0 aromatic rings. The lowest BCUT2D eigenvalue weighted by molar-refractivity contribution is -0.173. The molecule has 0 bridgehead atoms. The number of carbonyl (C=O) groups excluding carboxylic acids is 4. The van der Waals surface area contributed by atoms with E-state index in [0.717, 1.165) is 0 Å². The maximum atomic E-state index is 13.6. The average molecular weight is 537 g/mol. The number of nitrogens with zero attached hydrogens (tertiary/aromatic N) is 1. The van der Waals surface area contributed by atoms with Crippen molar-refractivity contribution in [3.63, 3.8) is 0 Å². The molecule has 3 amide bonds. The van der Waals surface area contributed by atoms with Crippen LogP contribution >= 0.6 is 0 Å². The van der Waals surface area contributed by atoms with Crippen LogP contribution in [0.15, 0.2) is 0 Å². The third kappa shape index (κ3) is 8.36. The molecule has 2 aliphatic rings. The quantitative estimate of drug-likeness (QED) is 0.370. The molecule has 13 heteroatoms. The minimum Gasteiger partial charge on any atom is -0.351 e. The highest BCUT2D eigenvalue weighted by molar-refractivity contribution is 5.93. The number of alkyl halides is 5. The summed E-state index contributed by atoms with van der Waals surface area (Å²) in [6, 6.07) is -0.913. The molecule has 5 atom stereocenters. The number of amides is 3. The van der Waals surface area contributed by atoms with Gasteiger partial charge >= 0.3 is 6.18 Å². The Kier molecular flexibility index (Phi) is 8.67. The molecular weight excluding hydrogens is 503 g/mol. The Morgan fingerprint density at radius 2 is 1.65 bits per heavy atom. The summed E-state index contributed by atoms with van der Waals surface area (Å²) in [5.74, 6) is -10.9. The zero-order valence-electron chi connectivity index (χ0n) is 21.4. The summed E-state index contributed by atoms with van der Waals surface area (Å²) in [6.45, 7) is 7.89. The fourth-order valence-corrected chi connectivity index (χ4v) is 4.49. The molecule has 3 N–H and O–H groups in total. The number of hydrogen-bond donors (Lipinski definition) is 3. The number of rotatable bonds is 10. The van der Waals surface area contributed by atoms with Crippen LogP contribution in [0.1, 0.15) is 66.7 Å². The van der Waals surface area contributed by atoms with Crippen LogP contribution in [0.4, 0.5) is 22.0 Å². The largest absolute Gasteiger partial charge is 0.449 e. The van der Waals surface area contributed by atoms with Gasteiger partial charge in [0.1, 0.15) is 12.1 Å². The standard InChI is InChI=1S/C24H33F5N4O4/c1-21(2,3)15(8-17(34)24(27,28)29)19(36)32-16(7-13-10-23(13,25)26)20(37)31-14(11-30)6-12-9-22(4,5)33-18(12)35/h12-16H,6-10H2,1-5H3,(H,31,37)(H,32,36)(H,33,35)/t12-,13?,14+,15-,16+/m1/s1. The lowest BCUT2D eigenvalue weighted by Crippen LogP contribution is -2.53. The zero-order valence-corrected chi connectivity index (χ0v) is 21.4. The molecule has 1 heterocycles. The fraction of sp³-hybridized carbons (Fsp3) is 0.792. The molecule has 0 radical (unpaired) electrons. The first-order valence-corrected chi connectivity index (χ1v) is 12.0. The van der Waals surface area contributed by atoms with Gasteiger partial charge in [0.25, 0.3) is 5.92 Å². The fourth-order valence-electron chi connectivity index (χ4n) is 4.49. The van der Waals surface area contributed by atoms with Crippen LogP contribution in [0.3, 0.4) is 0 Å². The average Bonchev–Trinajstić information content (AvgIpc) is 3.22. The zero-order chi connectivity index (χ0) is 28.6. The molecule has 0 aromatic carbocycles. The second kappa shape index (κ2) is 10.5. The van der Waals surface area contributed by atoms with E-state index in [1.165, 1.54) is 20.8 Å². The first-order valence-electron chi connectivity index (χ1n) is 12.0. The number of hydrogen-bond acceptors (Lipinski definition) is 5. The number of Topliss-reactive ketones (excluding diaryl/α,β-unsaturated/α-hetero) is 1. The van der Waals surface area contributed by atoms with E-state index < -0.39 is 89.8 Å². The summed E-state index contributed by atoms with van der Waals surface area (Å²) < 4.78 is 65.8. The van der Waals surface area contributed by atoms with Gasteiger partial charge in [-0.25, -0.2) is 8.78 Å². The molecule has 0 spiro atoms. The maximum absolute atomic E-state index is 13.6. The summed E-state index contributed by atoms with van der Waals surface area (Å²) in [4.78, 5) is 49.7. The third-order valence-electron chi connectivity index (χ3n) is 6.76. The van der Waals surface area contributed by atoms with E-state index in [1.54, 1.807) is 13.8 Å². The Morgan fingerprint density at radius 3 is 2.05 bits per heavy atom. The predicted molar refractivity (Wildman–Crippen MR) is 121 cm³/mol. The monoisotopic (exact) mass is 536 g/mol. The molecule has 8 nitrogen and oxygen atoms in total. The van der Waals surface area contributed by atoms with E-state index >= 15 is 0 Å². The summed E-state index contributed by atoms with van der Waals surface area (Å²) >= 11 is 0. The molecule has 2 rings (SSSR count). The van der Waals surface area contributed by atoms with Crippen LogP contribution in [0.25, 0.3) is 0 Å². The summed E-state index contributed by atoms with van der Waals surface area (Å²) in [6.07, 6.45) is -7.04. The van der Waals surface area contributed by atoms with E-state index in [2.05, 4.69) is 16.0 Å². The second-order valence-electron chi connectivity index (χ2n) is 11.7. The molecule has 1 unspecified atom stereocenters. The number of nitriles is 1. The normalized spacial score (nSPS) is 24.7. The Labute approximate surface area is 212 Å². The Balaban J connectivity index is 2.18. The maximum Gasteiger partial charge on any atom is 0.449 e. The van der Waals surface area contributed by atoms with Gasteiger partial charge in [0.05, 0.1) is 12.0 Å². The Bertz CT molecular complexity index is 968. The molecule has 1 saturated carbocycles. The summed E-state index contributed by atoms with van der Waals surface area (Å²) in [5, 5.41) is 16.9. The second-order valence-corrected chi connectivity index (χ2v) is 11.7. The van der Waals surface area contributed by atoms with E-state index in [9.17, 15) is 46.4 Å². The van der Waals surface area contributed by atoms with E-state index in [1.807, 2.05) is 6.07 Å². The summed E-state index contributed by atoms with van der Waals surface area (Å²) in [7, 11) is 0. The van der Waals surface area contributed by atoms with Gasteiger partial charge in [-0.3, -0.25) is 19.2 Å². The van der Waals surface area contributed by atoms with E-state index in [0.29, 0.717) is 6.42 Å². The highest BCUT2D eigenvalue weighted by atomic mass is 19.4. The van der Waals surface area contributed by atoms with Crippen LogP contribution < -0.4 is 16.0 Å². The molecule has 1 saturated heterocycles. The van der Waals surface area contributed by atoms with Gasteiger partial charge in [-0.15, -0.1) is 0 Å². The van der Waals surface area contributed by atoms with Crippen molar-refractivity contribution in [2.24, 2.45) is 23.2 Å². The molecule has 37 heavy (non-hydrogen) atoms. The van der Waals surface area contributed by atoms with Gasteiger partial charge in [-0.1, -0.05) is 20.8 Å². The minimum atomic E-state index is -5.17. The summed E-state index contributed by atoms with van der Waals surface area (Å²) in [5.41, 5.74) is -1.64. The molecule has 0 aromatic heterocycles. The predicted octanol–water partition coefficient (Wildman–Crippen LogP) is 3.01. The van der Waals surface area contributed by atoms with Gasteiger partial charge in [-0.05, 0) is 38.5 Å². The van der Waals surface area contributed by atoms with Crippen LogP contribution in [0.5, 0.6) is 0 Å². The van der Waals surface area contributed by atoms with Gasteiger partial charge < -0.3 is 16.0 Å². The van der Waals surface area contributed by atoms with Crippen molar-refractivity contribution < 1.29 is 41.1 Å². The topological polar surface area (TPSA) is 128 Å². The van der Waals surface area contributed by atoms with Crippen molar-refractivity contribution in [1.29, 1.82) is 5.26 Å². The molecule has 2 fully saturated rings. The van der Waals surface area contributed by atoms with Crippen molar-refractivity contribution in [1.82, 2.24) is 16.0 Å². The molecule has 208 valence electrons. The lowest BCUT2D eigenvalue weighted by Gasteiger charge is -2.31. The van der Waals surface area contributed by atoms with Crippen LogP contribution in [-0.4, -0.2) is 53.2 Å². The highest BCUT2D eigenvalue weighted by Crippen LogP contribution is 2.51. The van der Waals surface area contributed by atoms with Crippen LogP contribution in [-0.2, 0) is 19.2 Å². The van der Waals surface area contributed by atoms with Gasteiger partial charge in [0, 0.05) is 30.2 Å². The number of ketones is 1. The van der Waals surface area contributed by atoms with Crippen molar-refractivity contribution in [3.05, 3.63) is 0 Å². The van der Waals surface area contributed by atoms with E-state index in [-0.39, 0.29) is 12.3 Å². The van der Waals surface area contributed by atoms with Gasteiger partial charge in [-0.2, -0.15) is 18.4 Å². The number of carbonyl (C=O) groups is 4. The first kappa shape index (κ1) is 30.4. The van der Waals surface area contributed by atoms with Crippen molar-refractivity contribution in [2.75, 3.05) is 0 Å². The SMILES string of the molecule is CC1(C)C[C@@H](C[C@@H](C#N)NC(=O)[C@H](CC2CC2(F)F)NC(=O)[C@@H](CC(=O)C(F)(F)F)C(C)(C)C)C(=O)N1. The lowest BCUT2D eigenvalue weighted by atomic mass is 9.77. The van der Waals surface area contributed by atoms with Crippen molar-refractivity contribution in [2.45, 2.75) is 96.4 Å². The Morgan fingerprint density at radius 1 is 1.08 bits per heavy atom. The Hall–Kier alpha value is -2.78. The highest BCUT2D eigenvalue weighted by Gasteiger charge is 2.58. The molecular formula is C24H33F5N4O4. The molecule has 1 aliphatic carbocycles. The van der Waals surface area contributed by atoms with Crippen LogP contribution in [0, 0.1) is 34.5 Å². The third-order valence-corrected chi connectivity index (χ3v) is 6.76. The number of nitrogens with one attached hydrogen (secondary N) is 3. The minimum absolute atomic E-state index is 0.0531. The van der Waals surface area contributed by atoms with Crippen molar-refractivity contribution in [3.8, 4) is 6.07 Å².